The highest BCUT2D eigenvalue weighted by molar-refractivity contribution is 5.40. The normalized spacial score (nSPS) is 21.8. The van der Waals surface area contributed by atoms with Gasteiger partial charge >= 0.3 is 0 Å². The van der Waals surface area contributed by atoms with Crippen molar-refractivity contribution < 1.29 is 0 Å². The third-order valence-electron chi connectivity index (χ3n) is 3.98. The summed E-state index contributed by atoms with van der Waals surface area (Å²) in [6, 6.07) is 12.9. The van der Waals surface area contributed by atoms with E-state index in [4.69, 9.17) is 5.26 Å². The van der Waals surface area contributed by atoms with Crippen LogP contribution in [0.1, 0.15) is 24.8 Å². The molecular weight excluding hydrogens is 248 g/mol. The lowest BCUT2D eigenvalue weighted by molar-refractivity contribution is 0.464. The lowest BCUT2D eigenvalue weighted by Crippen LogP contribution is -2.31. The van der Waals surface area contributed by atoms with E-state index in [9.17, 15) is 0 Å². The molecule has 3 rings (SSSR count). The number of aromatic nitrogens is 2. The second kappa shape index (κ2) is 5.89. The summed E-state index contributed by atoms with van der Waals surface area (Å²) in [5, 5.41) is 17.0. The predicted octanol–water partition coefficient (Wildman–Crippen LogP) is 2.65. The van der Waals surface area contributed by atoms with Crippen LogP contribution in [0.5, 0.6) is 0 Å². The maximum absolute atomic E-state index is 9.13. The van der Waals surface area contributed by atoms with E-state index in [0.29, 0.717) is 6.04 Å². The third kappa shape index (κ3) is 2.59. The first-order valence-corrected chi connectivity index (χ1v) is 7.09. The summed E-state index contributed by atoms with van der Waals surface area (Å²) in [5.74, 6) is 0.159. The fourth-order valence-electron chi connectivity index (χ4n) is 2.90. The minimum absolute atomic E-state index is 0.159. The second-order valence-corrected chi connectivity index (χ2v) is 5.23. The van der Waals surface area contributed by atoms with Gasteiger partial charge < -0.3 is 5.32 Å². The van der Waals surface area contributed by atoms with Crippen LogP contribution in [-0.2, 0) is 6.54 Å². The molecule has 0 amide bonds. The number of nitriles is 1. The van der Waals surface area contributed by atoms with Gasteiger partial charge in [-0.25, -0.2) is 4.68 Å². The molecule has 1 saturated carbocycles. The molecule has 1 aromatic carbocycles. The van der Waals surface area contributed by atoms with Crippen molar-refractivity contribution in [3.8, 4) is 11.8 Å². The largest absolute Gasteiger partial charge is 0.309 e. The van der Waals surface area contributed by atoms with Gasteiger partial charge in [0.1, 0.15) is 0 Å². The Morgan fingerprint density at radius 2 is 2.20 bits per heavy atom. The van der Waals surface area contributed by atoms with Crippen molar-refractivity contribution in [3.05, 3.63) is 48.3 Å². The van der Waals surface area contributed by atoms with E-state index in [0.717, 1.165) is 31.5 Å². The number of nitrogens with one attached hydrogen (secondary N) is 1. The van der Waals surface area contributed by atoms with E-state index in [1.807, 2.05) is 29.1 Å². The Morgan fingerprint density at radius 1 is 1.30 bits per heavy atom. The van der Waals surface area contributed by atoms with Crippen LogP contribution in [0.15, 0.2) is 42.7 Å². The molecule has 4 nitrogen and oxygen atoms in total. The van der Waals surface area contributed by atoms with Crippen molar-refractivity contribution in [2.24, 2.45) is 5.92 Å². The van der Waals surface area contributed by atoms with E-state index < -0.39 is 0 Å². The summed E-state index contributed by atoms with van der Waals surface area (Å²) in [6.45, 7) is 0.777. The summed E-state index contributed by atoms with van der Waals surface area (Å²) in [6.07, 6.45) is 7.01. The highest BCUT2D eigenvalue weighted by atomic mass is 15.3. The van der Waals surface area contributed by atoms with Gasteiger partial charge in [-0.3, -0.25) is 0 Å². The number of hydrogen-bond donors (Lipinski definition) is 1. The van der Waals surface area contributed by atoms with Gasteiger partial charge in [-0.1, -0.05) is 24.6 Å². The smallest absolute Gasteiger partial charge is 0.0690 e. The lowest BCUT2D eigenvalue weighted by atomic mass is 10.1. The maximum Gasteiger partial charge on any atom is 0.0690 e. The maximum atomic E-state index is 9.13. The van der Waals surface area contributed by atoms with Crippen molar-refractivity contribution in [2.45, 2.75) is 31.8 Å². The zero-order valence-electron chi connectivity index (χ0n) is 11.4. The van der Waals surface area contributed by atoms with Crippen LogP contribution in [0.2, 0.25) is 0 Å². The summed E-state index contributed by atoms with van der Waals surface area (Å²) in [5.41, 5.74) is 2.30. The fourth-order valence-corrected chi connectivity index (χ4v) is 2.90. The molecule has 0 saturated heterocycles. The average molecular weight is 266 g/mol. The van der Waals surface area contributed by atoms with Crippen molar-refractivity contribution >= 4 is 0 Å². The van der Waals surface area contributed by atoms with Gasteiger partial charge in [0, 0.05) is 25.0 Å². The number of nitrogens with zero attached hydrogens (tertiary/aromatic N) is 3. The van der Waals surface area contributed by atoms with Gasteiger partial charge in [0.15, 0.2) is 0 Å². The monoisotopic (exact) mass is 266 g/mol. The first-order chi connectivity index (χ1) is 9.88. The average Bonchev–Trinajstić information content (AvgIpc) is 3.16. The summed E-state index contributed by atoms with van der Waals surface area (Å²) < 4.78 is 1.88. The number of para-hydroxylation sites is 1. The summed E-state index contributed by atoms with van der Waals surface area (Å²) >= 11 is 0. The SMILES string of the molecule is N#CC1CCCC1NCc1ccccc1-n1cccn1. The molecule has 1 aromatic heterocycles. The number of benzene rings is 1. The molecule has 0 radical (unpaired) electrons. The Kier molecular flexibility index (Phi) is 3.80. The number of hydrogen-bond acceptors (Lipinski definition) is 3. The predicted molar refractivity (Wildman–Crippen MR) is 77.1 cm³/mol. The van der Waals surface area contributed by atoms with Gasteiger partial charge in [0.05, 0.1) is 17.7 Å². The highest BCUT2D eigenvalue weighted by Gasteiger charge is 2.26. The van der Waals surface area contributed by atoms with Crippen molar-refractivity contribution in [1.29, 1.82) is 5.26 Å². The summed E-state index contributed by atoms with van der Waals surface area (Å²) in [4.78, 5) is 0. The number of rotatable bonds is 4. The van der Waals surface area contributed by atoms with Gasteiger partial charge in [0.25, 0.3) is 0 Å². The molecule has 20 heavy (non-hydrogen) atoms. The minimum Gasteiger partial charge on any atom is -0.309 e. The van der Waals surface area contributed by atoms with Gasteiger partial charge in [-0.2, -0.15) is 10.4 Å². The Hall–Kier alpha value is -2.12. The van der Waals surface area contributed by atoms with Crippen LogP contribution in [0.3, 0.4) is 0 Å². The molecule has 1 aliphatic rings. The van der Waals surface area contributed by atoms with Crippen LogP contribution in [0.4, 0.5) is 0 Å². The zero-order valence-corrected chi connectivity index (χ0v) is 11.4. The molecular formula is C16H18N4. The van der Waals surface area contributed by atoms with Crippen molar-refractivity contribution in [3.63, 3.8) is 0 Å². The first kappa shape index (κ1) is 12.9. The Labute approximate surface area is 119 Å². The van der Waals surface area contributed by atoms with Crippen LogP contribution in [0, 0.1) is 17.2 Å². The van der Waals surface area contributed by atoms with Gasteiger partial charge in [0.2, 0.25) is 0 Å². The standard InChI is InChI=1S/C16H18N4/c17-11-13-6-3-7-15(13)18-12-14-5-1-2-8-16(14)20-10-4-9-19-20/h1-2,4-5,8-10,13,15,18H,3,6-7,12H2. The molecule has 2 atom stereocenters. The van der Waals surface area contributed by atoms with E-state index in [2.05, 4.69) is 28.6 Å². The van der Waals surface area contributed by atoms with Crippen molar-refractivity contribution in [2.75, 3.05) is 0 Å². The molecule has 1 N–H and O–H groups in total. The topological polar surface area (TPSA) is 53.6 Å². The molecule has 102 valence electrons. The zero-order chi connectivity index (χ0) is 13.8. The Morgan fingerprint density at radius 3 is 3.00 bits per heavy atom. The molecule has 2 unspecified atom stereocenters. The van der Waals surface area contributed by atoms with Crippen LogP contribution >= 0.6 is 0 Å². The molecule has 0 aliphatic heterocycles. The van der Waals surface area contributed by atoms with Crippen LogP contribution in [0.25, 0.3) is 5.69 Å². The van der Waals surface area contributed by atoms with E-state index in [1.54, 1.807) is 6.20 Å². The van der Waals surface area contributed by atoms with Crippen molar-refractivity contribution in [1.82, 2.24) is 15.1 Å². The van der Waals surface area contributed by atoms with Gasteiger partial charge in [-0.05, 0) is 30.5 Å². The van der Waals surface area contributed by atoms with Gasteiger partial charge in [-0.15, -0.1) is 0 Å². The molecule has 1 heterocycles. The Bertz CT molecular complexity index is 597. The van der Waals surface area contributed by atoms with E-state index >= 15 is 0 Å². The molecule has 4 heteroatoms. The molecule has 1 fully saturated rings. The quantitative estimate of drug-likeness (QED) is 0.925. The third-order valence-corrected chi connectivity index (χ3v) is 3.98. The summed E-state index contributed by atoms with van der Waals surface area (Å²) in [7, 11) is 0. The van der Waals surface area contributed by atoms with Crippen LogP contribution in [-0.4, -0.2) is 15.8 Å². The molecule has 0 bridgehead atoms. The Balaban J connectivity index is 1.74. The lowest BCUT2D eigenvalue weighted by Gasteiger charge is -2.17. The highest BCUT2D eigenvalue weighted by Crippen LogP contribution is 2.25. The first-order valence-electron chi connectivity index (χ1n) is 7.09. The fraction of sp³-hybridized carbons (Fsp3) is 0.375. The minimum atomic E-state index is 0.159. The van der Waals surface area contributed by atoms with E-state index in [1.165, 1.54) is 5.56 Å². The van der Waals surface area contributed by atoms with E-state index in [-0.39, 0.29) is 5.92 Å². The molecule has 1 aliphatic carbocycles. The second-order valence-electron chi connectivity index (χ2n) is 5.23. The van der Waals surface area contributed by atoms with Crippen LogP contribution < -0.4 is 5.32 Å². The molecule has 2 aromatic rings. The molecule has 0 spiro atoms.